The standard InChI is InChI=1S/C16H20N2O5S.C2H6/c1-4-12(10-17-2)8-14(11-23-3)18-24(21,22)15-7-5-6-13(9-15)16(19)20;1-2/h5-10,18H,2,4,11H2,1,3H3,(H,19,20);1-2H3/b12-10-,14-8+;. The highest BCUT2D eigenvalue weighted by Gasteiger charge is 2.17. The largest absolute Gasteiger partial charge is 0.478 e. The lowest BCUT2D eigenvalue weighted by Gasteiger charge is -2.12. The predicted molar refractivity (Wildman–Crippen MR) is 103 cm³/mol. The van der Waals surface area contributed by atoms with Crippen molar-refractivity contribution in [1.29, 1.82) is 0 Å². The molecule has 0 unspecified atom stereocenters. The molecule has 0 radical (unpaired) electrons. The number of sulfonamides is 1. The first-order valence-corrected chi connectivity index (χ1v) is 9.53. The first kappa shape index (κ1) is 23.5. The van der Waals surface area contributed by atoms with Gasteiger partial charge in [-0.3, -0.25) is 9.71 Å². The molecule has 0 saturated carbocycles. The fourth-order valence-corrected chi connectivity index (χ4v) is 2.98. The number of carbonyl (C=O) groups is 1. The zero-order valence-corrected chi connectivity index (χ0v) is 16.3. The molecule has 0 aliphatic rings. The summed E-state index contributed by atoms with van der Waals surface area (Å²) in [5.41, 5.74) is 0.953. The molecular formula is C18H26N2O5S. The average molecular weight is 382 g/mol. The number of nitrogens with zero attached hydrogens (tertiary/aromatic N) is 1. The minimum absolute atomic E-state index is 0.0341. The van der Waals surface area contributed by atoms with Crippen molar-refractivity contribution in [2.75, 3.05) is 13.7 Å². The SMILES string of the molecule is C=N/C=C(\C=C(/COC)NS(=O)(=O)c1cccc(C(=O)O)c1)CC.CC. The van der Waals surface area contributed by atoms with E-state index in [0.29, 0.717) is 12.1 Å². The van der Waals surface area contributed by atoms with Gasteiger partial charge in [-0.15, -0.1) is 0 Å². The van der Waals surface area contributed by atoms with Crippen molar-refractivity contribution in [3.05, 3.63) is 53.4 Å². The minimum Gasteiger partial charge on any atom is -0.478 e. The van der Waals surface area contributed by atoms with Crippen LogP contribution < -0.4 is 4.72 Å². The lowest BCUT2D eigenvalue weighted by molar-refractivity contribution is 0.0696. The Hall–Kier alpha value is -2.45. The fraction of sp³-hybridized carbons (Fsp3) is 0.333. The van der Waals surface area contributed by atoms with E-state index in [-0.39, 0.29) is 17.1 Å². The van der Waals surface area contributed by atoms with Gasteiger partial charge in [0.25, 0.3) is 10.0 Å². The molecule has 0 fully saturated rings. The number of carboxylic acids is 1. The second kappa shape index (κ2) is 12.0. The van der Waals surface area contributed by atoms with E-state index in [1.807, 2.05) is 20.8 Å². The van der Waals surface area contributed by atoms with Gasteiger partial charge in [0.1, 0.15) is 0 Å². The number of nitrogens with one attached hydrogen (secondary N) is 1. The van der Waals surface area contributed by atoms with Crippen molar-refractivity contribution in [3.8, 4) is 0 Å². The van der Waals surface area contributed by atoms with Crippen LogP contribution in [0.15, 0.2) is 57.7 Å². The maximum atomic E-state index is 12.5. The maximum Gasteiger partial charge on any atom is 0.335 e. The van der Waals surface area contributed by atoms with Crippen LogP contribution in [0.25, 0.3) is 0 Å². The number of methoxy groups -OCH3 is 1. The molecule has 2 N–H and O–H groups in total. The molecule has 0 saturated heterocycles. The zero-order valence-electron chi connectivity index (χ0n) is 15.5. The Balaban J connectivity index is 0.00000301. The molecule has 26 heavy (non-hydrogen) atoms. The third-order valence-electron chi connectivity index (χ3n) is 2.98. The number of rotatable bonds is 9. The van der Waals surface area contributed by atoms with Gasteiger partial charge in [-0.2, -0.15) is 0 Å². The van der Waals surface area contributed by atoms with Gasteiger partial charge in [-0.05, 0) is 43.0 Å². The summed E-state index contributed by atoms with van der Waals surface area (Å²) in [7, 11) is -2.50. The Kier molecular flexibility index (Phi) is 10.9. The minimum atomic E-state index is -3.94. The third kappa shape index (κ3) is 7.62. The van der Waals surface area contributed by atoms with E-state index in [2.05, 4.69) is 16.4 Å². The molecule has 0 atom stereocenters. The van der Waals surface area contributed by atoms with Crippen molar-refractivity contribution in [2.45, 2.75) is 32.1 Å². The van der Waals surface area contributed by atoms with E-state index in [9.17, 15) is 13.2 Å². The van der Waals surface area contributed by atoms with E-state index < -0.39 is 16.0 Å². The van der Waals surface area contributed by atoms with Crippen LogP contribution in [0, 0.1) is 0 Å². The number of ether oxygens (including phenoxy) is 1. The van der Waals surface area contributed by atoms with E-state index in [4.69, 9.17) is 9.84 Å². The zero-order chi connectivity index (χ0) is 20.2. The molecule has 7 nitrogen and oxygen atoms in total. The van der Waals surface area contributed by atoms with Crippen molar-refractivity contribution < 1.29 is 23.1 Å². The monoisotopic (exact) mass is 382 g/mol. The van der Waals surface area contributed by atoms with Crippen LogP contribution in [-0.4, -0.2) is 39.9 Å². The second-order valence-corrected chi connectivity index (χ2v) is 6.46. The molecule has 8 heteroatoms. The van der Waals surface area contributed by atoms with Gasteiger partial charge in [-0.1, -0.05) is 26.8 Å². The summed E-state index contributed by atoms with van der Waals surface area (Å²) in [5, 5.41) is 8.98. The second-order valence-electron chi connectivity index (χ2n) is 4.78. The smallest absolute Gasteiger partial charge is 0.335 e. The van der Waals surface area contributed by atoms with Gasteiger partial charge >= 0.3 is 5.97 Å². The topological polar surface area (TPSA) is 105 Å². The van der Waals surface area contributed by atoms with Gasteiger partial charge in [0.15, 0.2) is 0 Å². The summed E-state index contributed by atoms with van der Waals surface area (Å²) in [6, 6.07) is 5.11. The summed E-state index contributed by atoms with van der Waals surface area (Å²) < 4.78 is 32.3. The highest BCUT2D eigenvalue weighted by Crippen LogP contribution is 2.14. The summed E-state index contributed by atoms with van der Waals surface area (Å²) in [4.78, 5) is 14.5. The van der Waals surface area contributed by atoms with Crippen molar-refractivity contribution in [3.63, 3.8) is 0 Å². The van der Waals surface area contributed by atoms with Gasteiger partial charge in [0.2, 0.25) is 0 Å². The van der Waals surface area contributed by atoms with Gasteiger partial charge < -0.3 is 9.84 Å². The number of allylic oxidation sites excluding steroid dienone is 2. The van der Waals surface area contributed by atoms with Gasteiger partial charge in [0, 0.05) is 13.3 Å². The Morgan fingerprint density at radius 3 is 2.54 bits per heavy atom. The van der Waals surface area contributed by atoms with E-state index in [1.54, 1.807) is 6.08 Å². The van der Waals surface area contributed by atoms with Crippen molar-refractivity contribution in [2.24, 2.45) is 4.99 Å². The average Bonchev–Trinajstić information content (AvgIpc) is 2.63. The Bertz CT molecular complexity index is 768. The first-order chi connectivity index (χ1) is 12.3. The lowest BCUT2D eigenvalue weighted by atomic mass is 10.2. The number of aromatic carboxylic acids is 1. The summed E-state index contributed by atoms with van der Waals surface area (Å²) >= 11 is 0. The maximum absolute atomic E-state index is 12.5. The normalized spacial score (nSPS) is 12.0. The van der Waals surface area contributed by atoms with Crippen LogP contribution in [0.1, 0.15) is 37.6 Å². The highest BCUT2D eigenvalue weighted by molar-refractivity contribution is 7.89. The molecule has 144 valence electrons. The quantitative estimate of drug-likeness (QED) is 0.504. The number of benzene rings is 1. The number of carboxylic acid groups (broad SMARTS) is 1. The molecule has 1 rings (SSSR count). The molecule has 1 aromatic rings. The highest BCUT2D eigenvalue weighted by atomic mass is 32.2. The molecule has 0 aliphatic carbocycles. The Morgan fingerprint density at radius 1 is 1.38 bits per heavy atom. The predicted octanol–water partition coefficient (Wildman–Crippen LogP) is 3.21. The first-order valence-electron chi connectivity index (χ1n) is 8.04. The van der Waals surface area contributed by atoms with Crippen LogP contribution in [0.3, 0.4) is 0 Å². The molecule has 0 amide bonds. The molecule has 1 aromatic carbocycles. The summed E-state index contributed by atoms with van der Waals surface area (Å²) in [5.74, 6) is -1.20. The molecular weight excluding hydrogens is 356 g/mol. The molecule has 0 bridgehead atoms. The van der Waals surface area contributed by atoms with Crippen LogP contribution in [0.5, 0.6) is 0 Å². The summed E-state index contributed by atoms with van der Waals surface area (Å²) in [6.45, 7) is 9.29. The van der Waals surface area contributed by atoms with Gasteiger partial charge in [0.05, 0.1) is 22.8 Å². The van der Waals surface area contributed by atoms with Crippen molar-refractivity contribution >= 4 is 22.7 Å². The molecule has 0 heterocycles. The number of aliphatic imine (C=N–C) groups is 1. The number of hydrogen-bond acceptors (Lipinski definition) is 5. The van der Waals surface area contributed by atoms with Crippen LogP contribution in [0.2, 0.25) is 0 Å². The molecule has 0 aromatic heterocycles. The lowest BCUT2D eigenvalue weighted by Crippen LogP contribution is -2.26. The third-order valence-corrected chi connectivity index (χ3v) is 4.39. The van der Waals surface area contributed by atoms with E-state index in [0.717, 1.165) is 11.6 Å². The van der Waals surface area contributed by atoms with E-state index in [1.165, 1.54) is 31.5 Å². The molecule has 0 aliphatic heterocycles. The van der Waals surface area contributed by atoms with Gasteiger partial charge in [-0.25, -0.2) is 13.2 Å². The van der Waals surface area contributed by atoms with Crippen molar-refractivity contribution in [1.82, 2.24) is 4.72 Å². The summed E-state index contributed by atoms with van der Waals surface area (Å²) in [6.07, 6.45) is 3.76. The van der Waals surface area contributed by atoms with Crippen LogP contribution >= 0.6 is 0 Å². The Morgan fingerprint density at radius 2 is 2.04 bits per heavy atom. The van der Waals surface area contributed by atoms with Crippen LogP contribution in [-0.2, 0) is 14.8 Å². The van der Waals surface area contributed by atoms with Crippen LogP contribution in [0.4, 0.5) is 0 Å². The Labute approximate surface area is 155 Å². The molecule has 0 spiro atoms. The van der Waals surface area contributed by atoms with E-state index >= 15 is 0 Å². The number of hydrogen-bond donors (Lipinski definition) is 2. The fourth-order valence-electron chi connectivity index (χ4n) is 1.86.